The lowest BCUT2D eigenvalue weighted by Crippen LogP contribution is -2.24. The molecule has 0 bridgehead atoms. The summed E-state index contributed by atoms with van der Waals surface area (Å²) in [7, 11) is 0. The van der Waals surface area contributed by atoms with Gasteiger partial charge in [-0.05, 0) is 44.2 Å². The molecule has 0 aliphatic carbocycles. The average Bonchev–Trinajstić information content (AvgIpc) is 3.04. The highest BCUT2D eigenvalue weighted by Crippen LogP contribution is 2.35. The molecule has 0 spiro atoms. The van der Waals surface area contributed by atoms with Crippen LogP contribution in [-0.4, -0.2) is 31.8 Å². The number of carbonyl (C=O) groups is 1. The fourth-order valence-electron chi connectivity index (χ4n) is 3.37. The second-order valence-corrected chi connectivity index (χ2v) is 6.67. The van der Waals surface area contributed by atoms with Crippen molar-refractivity contribution in [2.75, 3.05) is 19.8 Å². The third-order valence-corrected chi connectivity index (χ3v) is 4.62. The van der Waals surface area contributed by atoms with Crippen molar-refractivity contribution in [2.45, 2.75) is 32.9 Å². The zero-order chi connectivity index (χ0) is 18.8. The minimum Gasteiger partial charge on any atom is -0.494 e. The Morgan fingerprint density at radius 3 is 2.78 bits per heavy atom. The van der Waals surface area contributed by atoms with E-state index in [4.69, 9.17) is 18.9 Å². The molecule has 6 nitrogen and oxygen atoms in total. The van der Waals surface area contributed by atoms with Crippen molar-refractivity contribution in [3.8, 4) is 23.0 Å². The summed E-state index contributed by atoms with van der Waals surface area (Å²) < 4.78 is 22.6. The summed E-state index contributed by atoms with van der Waals surface area (Å²) in [5, 5.41) is 2.95. The molecule has 6 heteroatoms. The molecule has 2 heterocycles. The zero-order valence-corrected chi connectivity index (χ0v) is 15.5. The Hall–Kier alpha value is -2.89. The molecule has 0 radical (unpaired) electrons. The fourth-order valence-corrected chi connectivity index (χ4v) is 3.37. The van der Waals surface area contributed by atoms with Gasteiger partial charge in [0.2, 0.25) is 0 Å². The van der Waals surface area contributed by atoms with E-state index in [-0.39, 0.29) is 12.0 Å². The smallest absolute Gasteiger partial charge is 0.251 e. The van der Waals surface area contributed by atoms with Crippen molar-refractivity contribution in [2.24, 2.45) is 0 Å². The van der Waals surface area contributed by atoms with E-state index in [0.717, 1.165) is 29.0 Å². The van der Waals surface area contributed by atoms with E-state index in [1.54, 1.807) is 18.2 Å². The minimum atomic E-state index is -0.177. The van der Waals surface area contributed by atoms with E-state index in [0.29, 0.717) is 43.4 Å². The first-order valence-electron chi connectivity index (χ1n) is 9.27. The Bertz CT molecular complexity index is 864. The summed E-state index contributed by atoms with van der Waals surface area (Å²) in [4.78, 5) is 12.6. The van der Waals surface area contributed by atoms with Crippen LogP contribution in [0.5, 0.6) is 23.0 Å². The SMILES string of the molecule is CCOc1cc2c(cc1CNC(=O)c1ccc3c(c1)OCCO3)OC(C)C2. The van der Waals surface area contributed by atoms with Gasteiger partial charge in [0.15, 0.2) is 11.5 Å². The molecule has 4 rings (SSSR count). The molecule has 1 atom stereocenters. The predicted octanol–water partition coefficient (Wildman–Crippen LogP) is 3.11. The number of amides is 1. The number of fused-ring (bicyclic) bond motifs is 2. The Balaban J connectivity index is 1.49. The van der Waals surface area contributed by atoms with Crippen molar-refractivity contribution in [1.29, 1.82) is 0 Å². The van der Waals surface area contributed by atoms with E-state index < -0.39 is 0 Å². The average molecular weight is 369 g/mol. The van der Waals surface area contributed by atoms with Gasteiger partial charge < -0.3 is 24.3 Å². The van der Waals surface area contributed by atoms with E-state index in [1.165, 1.54) is 0 Å². The lowest BCUT2D eigenvalue weighted by molar-refractivity contribution is 0.0949. The molecule has 27 heavy (non-hydrogen) atoms. The number of carbonyl (C=O) groups excluding carboxylic acids is 1. The van der Waals surface area contributed by atoms with Crippen LogP contribution in [0.1, 0.15) is 35.3 Å². The van der Waals surface area contributed by atoms with Gasteiger partial charge >= 0.3 is 0 Å². The molecule has 1 amide bonds. The van der Waals surface area contributed by atoms with E-state index in [2.05, 4.69) is 5.32 Å². The number of hydrogen-bond acceptors (Lipinski definition) is 5. The van der Waals surface area contributed by atoms with Gasteiger partial charge in [0.25, 0.3) is 5.91 Å². The Morgan fingerprint density at radius 2 is 1.96 bits per heavy atom. The maximum absolute atomic E-state index is 12.6. The van der Waals surface area contributed by atoms with Crippen LogP contribution in [0.3, 0.4) is 0 Å². The number of rotatable bonds is 5. The van der Waals surface area contributed by atoms with Crippen LogP contribution in [-0.2, 0) is 13.0 Å². The predicted molar refractivity (Wildman–Crippen MR) is 100 cm³/mol. The first-order chi connectivity index (χ1) is 13.1. The van der Waals surface area contributed by atoms with Crippen molar-refractivity contribution in [1.82, 2.24) is 5.32 Å². The topological polar surface area (TPSA) is 66.0 Å². The van der Waals surface area contributed by atoms with Crippen molar-refractivity contribution in [3.05, 3.63) is 47.0 Å². The number of benzene rings is 2. The molecule has 2 aliphatic heterocycles. The van der Waals surface area contributed by atoms with Crippen molar-refractivity contribution in [3.63, 3.8) is 0 Å². The summed E-state index contributed by atoms with van der Waals surface area (Å²) in [6.45, 7) is 5.93. The molecule has 2 aromatic carbocycles. The van der Waals surface area contributed by atoms with Crippen LogP contribution in [0.2, 0.25) is 0 Å². The second-order valence-electron chi connectivity index (χ2n) is 6.67. The number of nitrogens with one attached hydrogen (secondary N) is 1. The third kappa shape index (κ3) is 3.65. The van der Waals surface area contributed by atoms with Crippen LogP contribution in [0.25, 0.3) is 0 Å². The molecule has 1 N–H and O–H groups in total. The molecule has 142 valence electrons. The van der Waals surface area contributed by atoms with Crippen LogP contribution >= 0.6 is 0 Å². The molecule has 0 aromatic heterocycles. The summed E-state index contributed by atoms with van der Waals surface area (Å²) >= 11 is 0. The first kappa shape index (κ1) is 17.5. The maximum atomic E-state index is 12.6. The van der Waals surface area contributed by atoms with Gasteiger partial charge in [-0.1, -0.05) is 0 Å². The first-order valence-corrected chi connectivity index (χ1v) is 9.27. The lowest BCUT2D eigenvalue weighted by Gasteiger charge is -2.19. The minimum absolute atomic E-state index is 0.164. The quantitative estimate of drug-likeness (QED) is 0.877. The fraction of sp³-hybridized carbons (Fsp3) is 0.381. The highest BCUT2D eigenvalue weighted by molar-refractivity contribution is 5.94. The van der Waals surface area contributed by atoms with Gasteiger partial charge in [-0.2, -0.15) is 0 Å². The Labute approximate surface area is 158 Å². The normalized spacial score (nSPS) is 17.0. The number of hydrogen-bond donors (Lipinski definition) is 1. The van der Waals surface area contributed by atoms with Gasteiger partial charge in [0.05, 0.1) is 6.61 Å². The molecule has 0 fully saturated rings. The van der Waals surface area contributed by atoms with Gasteiger partial charge in [-0.3, -0.25) is 4.79 Å². The lowest BCUT2D eigenvalue weighted by atomic mass is 10.1. The van der Waals surface area contributed by atoms with Gasteiger partial charge in [0, 0.05) is 29.7 Å². The summed E-state index contributed by atoms with van der Waals surface area (Å²) in [5.74, 6) is 2.75. The van der Waals surface area contributed by atoms with Gasteiger partial charge in [-0.25, -0.2) is 0 Å². The Kier molecular flexibility index (Phi) is 4.79. The summed E-state index contributed by atoms with van der Waals surface area (Å²) in [6.07, 6.45) is 1.04. The van der Waals surface area contributed by atoms with Gasteiger partial charge in [-0.15, -0.1) is 0 Å². The molecule has 0 saturated heterocycles. The monoisotopic (exact) mass is 369 g/mol. The van der Waals surface area contributed by atoms with Crippen LogP contribution in [0.4, 0.5) is 0 Å². The summed E-state index contributed by atoms with van der Waals surface area (Å²) in [6, 6.07) is 9.20. The molecular weight excluding hydrogens is 346 g/mol. The van der Waals surface area contributed by atoms with E-state index in [1.807, 2.05) is 26.0 Å². The Morgan fingerprint density at radius 1 is 1.15 bits per heavy atom. The van der Waals surface area contributed by atoms with E-state index in [9.17, 15) is 4.79 Å². The highest BCUT2D eigenvalue weighted by atomic mass is 16.6. The van der Waals surface area contributed by atoms with E-state index >= 15 is 0 Å². The standard InChI is InChI=1S/C21H23NO5/c1-3-24-18-10-15-8-13(2)27-19(15)11-16(18)12-22-21(23)14-4-5-17-20(9-14)26-7-6-25-17/h4-5,9-11,13H,3,6-8,12H2,1-2H3,(H,22,23). The highest BCUT2D eigenvalue weighted by Gasteiger charge is 2.22. The molecule has 2 aliphatic rings. The summed E-state index contributed by atoms with van der Waals surface area (Å²) in [5.41, 5.74) is 2.58. The van der Waals surface area contributed by atoms with Crippen molar-refractivity contribution >= 4 is 5.91 Å². The van der Waals surface area contributed by atoms with Crippen molar-refractivity contribution < 1.29 is 23.7 Å². The van der Waals surface area contributed by atoms with Crippen LogP contribution in [0, 0.1) is 0 Å². The molecule has 0 saturated carbocycles. The van der Waals surface area contributed by atoms with Crippen LogP contribution < -0.4 is 24.3 Å². The maximum Gasteiger partial charge on any atom is 0.251 e. The van der Waals surface area contributed by atoms with Crippen LogP contribution in [0.15, 0.2) is 30.3 Å². The van der Waals surface area contributed by atoms with Gasteiger partial charge in [0.1, 0.15) is 30.8 Å². The molecule has 1 unspecified atom stereocenters. The number of ether oxygens (including phenoxy) is 4. The molecular formula is C21H23NO5. The molecule has 2 aromatic rings. The second kappa shape index (κ2) is 7.39. The largest absolute Gasteiger partial charge is 0.494 e. The third-order valence-electron chi connectivity index (χ3n) is 4.62. The zero-order valence-electron chi connectivity index (χ0n) is 15.5.